The van der Waals surface area contributed by atoms with Crippen LogP contribution in [-0.4, -0.2) is 35.4 Å². The van der Waals surface area contributed by atoms with Gasteiger partial charge in [0.1, 0.15) is 11.3 Å². The number of nitrogens with zero attached hydrogens (tertiary/aromatic N) is 1. The van der Waals surface area contributed by atoms with E-state index < -0.39 is 5.54 Å². The number of methoxy groups -OCH3 is 1. The summed E-state index contributed by atoms with van der Waals surface area (Å²) < 4.78 is 6.37. The van der Waals surface area contributed by atoms with Gasteiger partial charge in [-0.15, -0.1) is 0 Å². The minimum atomic E-state index is -0.812. The van der Waals surface area contributed by atoms with E-state index in [1.165, 1.54) is 0 Å². The number of hydrogen-bond acceptors (Lipinski definition) is 3. The lowest BCUT2D eigenvalue weighted by atomic mass is 9.86. The summed E-state index contributed by atoms with van der Waals surface area (Å²) in [6.45, 7) is 4.53. The van der Waals surface area contributed by atoms with Crippen LogP contribution in [0.15, 0.2) is 22.7 Å². The van der Waals surface area contributed by atoms with Crippen LogP contribution in [0.5, 0.6) is 5.75 Å². The van der Waals surface area contributed by atoms with Crippen LogP contribution in [0, 0.1) is 5.92 Å². The van der Waals surface area contributed by atoms with Crippen molar-refractivity contribution in [2.75, 3.05) is 7.11 Å². The number of likely N-dealkylation sites (tertiary alicyclic amines) is 1. The molecule has 1 aromatic rings. The molecule has 1 heterocycles. The van der Waals surface area contributed by atoms with E-state index in [0.29, 0.717) is 19.4 Å². The molecule has 1 saturated heterocycles. The van der Waals surface area contributed by atoms with Crippen molar-refractivity contribution in [3.05, 3.63) is 28.2 Å². The highest BCUT2D eigenvalue weighted by atomic mass is 79.9. The third-order valence-electron chi connectivity index (χ3n) is 6.13. The van der Waals surface area contributed by atoms with E-state index in [9.17, 15) is 9.59 Å². The Morgan fingerprint density at radius 1 is 1.33 bits per heavy atom. The van der Waals surface area contributed by atoms with E-state index in [0.717, 1.165) is 47.4 Å². The van der Waals surface area contributed by atoms with E-state index >= 15 is 0 Å². The molecule has 0 bridgehead atoms. The maximum Gasteiger partial charge on any atom is 0.245 e. The third-order valence-corrected chi connectivity index (χ3v) is 6.63. The van der Waals surface area contributed by atoms with Crippen molar-refractivity contribution in [3.8, 4) is 5.75 Å². The molecule has 148 valence electrons. The fourth-order valence-electron chi connectivity index (χ4n) is 4.18. The molecule has 1 atom stereocenters. The number of hydrogen-bond donors (Lipinski definition) is 1. The Morgan fingerprint density at radius 3 is 2.70 bits per heavy atom. The van der Waals surface area contributed by atoms with Crippen LogP contribution in [0.3, 0.4) is 0 Å². The molecule has 5 nitrogen and oxygen atoms in total. The molecular weight excluding hydrogens is 408 g/mol. The van der Waals surface area contributed by atoms with Gasteiger partial charge in [-0.05, 0) is 63.1 Å². The number of rotatable bonds is 5. The first-order valence-corrected chi connectivity index (χ1v) is 10.6. The minimum Gasteiger partial charge on any atom is -0.496 e. The van der Waals surface area contributed by atoms with Crippen LogP contribution in [0.4, 0.5) is 0 Å². The first-order valence-electron chi connectivity index (χ1n) is 9.77. The number of benzene rings is 1. The molecule has 1 aliphatic carbocycles. The van der Waals surface area contributed by atoms with Crippen LogP contribution < -0.4 is 10.1 Å². The number of amides is 2. The van der Waals surface area contributed by atoms with Crippen molar-refractivity contribution >= 4 is 27.7 Å². The third kappa shape index (κ3) is 4.31. The van der Waals surface area contributed by atoms with Crippen LogP contribution >= 0.6 is 15.9 Å². The summed E-state index contributed by atoms with van der Waals surface area (Å²) in [6.07, 6.45) is 5.31. The van der Waals surface area contributed by atoms with Gasteiger partial charge in [0, 0.05) is 22.5 Å². The summed E-state index contributed by atoms with van der Waals surface area (Å²) in [5.41, 5.74) is 0.0839. The average Bonchev–Trinajstić information content (AvgIpc) is 2.93. The number of halogens is 1. The maximum atomic E-state index is 13.1. The highest BCUT2D eigenvalue weighted by Gasteiger charge is 2.47. The fraction of sp³-hybridized carbons (Fsp3) is 0.619. The SMILES string of the molecule is COc1ccc(Br)cc1CN1C(=O)CC[C@@]1(C)C(=O)NC1CCC(C)CC1. The van der Waals surface area contributed by atoms with Gasteiger partial charge in [-0.25, -0.2) is 0 Å². The monoisotopic (exact) mass is 436 g/mol. The second-order valence-corrected chi connectivity index (χ2v) is 9.06. The summed E-state index contributed by atoms with van der Waals surface area (Å²) in [4.78, 5) is 27.5. The smallest absolute Gasteiger partial charge is 0.245 e. The van der Waals surface area contributed by atoms with E-state index in [1.54, 1.807) is 12.0 Å². The van der Waals surface area contributed by atoms with Gasteiger partial charge < -0.3 is 15.0 Å². The number of nitrogens with one attached hydrogen (secondary N) is 1. The van der Waals surface area contributed by atoms with Crippen molar-refractivity contribution in [2.24, 2.45) is 5.92 Å². The number of carbonyl (C=O) groups is 2. The van der Waals surface area contributed by atoms with Gasteiger partial charge in [0.2, 0.25) is 11.8 Å². The highest BCUT2D eigenvalue weighted by molar-refractivity contribution is 9.10. The van der Waals surface area contributed by atoms with Gasteiger partial charge in [-0.2, -0.15) is 0 Å². The molecule has 6 heteroatoms. The minimum absolute atomic E-state index is 0.0203. The zero-order valence-corrected chi connectivity index (χ0v) is 18.0. The van der Waals surface area contributed by atoms with Crippen LogP contribution in [-0.2, 0) is 16.1 Å². The number of ether oxygens (including phenoxy) is 1. The highest BCUT2D eigenvalue weighted by Crippen LogP contribution is 2.35. The largest absolute Gasteiger partial charge is 0.496 e. The second kappa shape index (κ2) is 8.21. The zero-order chi connectivity index (χ0) is 19.6. The van der Waals surface area contributed by atoms with Crippen LogP contribution in [0.25, 0.3) is 0 Å². The molecule has 0 unspecified atom stereocenters. The maximum absolute atomic E-state index is 13.1. The summed E-state index contributed by atoms with van der Waals surface area (Å²) in [6, 6.07) is 5.96. The summed E-state index contributed by atoms with van der Waals surface area (Å²) in [5.74, 6) is 1.46. The molecule has 0 spiro atoms. The lowest BCUT2D eigenvalue weighted by Gasteiger charge is -2.36. The Labute approximate surface area is 170 Å². The summed E-state index contributed by atoms with van der Waals surface area (Å²) >= 11 is 3.48. The topological polar surface area (TPSA) is 58.6 Å². The van der Waals surface area contributed by atoms with Gasteiger partial charge in [0.15, 0.2) is 0 Å². The zero-order valence-electron chi connectivity index (χ0n) is 16.4. The predicted molar refractivity (Wildman–Crippen MR) is 108 cm³/mol. The van der Waals surface area contributed by atoms with Gasteiger partial charge in [0.05, 0.1) is 13.7 Å². The normalized spacial score (nSPS) is 28.3. The molecule has 27 heavy (non-hydrogen) atoms. The van der Waals surface area contributed by atoms with Crippen molar-refractivity contribution in [1.29, 1.82) is 0 Å². The van der Waals surface area contributed by atoms with Crippen molar-refractivity contribution in [3.63, 3.8) is 0 Å². The van der Waals surface area contributed by atoms with E-state index in [2.05, 4.69) is 28.2 Å². The summed E-state index contributed by atoms with van der Waals surface area (Å²) in [7, 11) is 1.62. The Bertz CT molecular complexity index is 715. The molecule has 3 rings (SSSR count). The number of carbonyl (C=O) groups excluding carboxylic acids is 2. The molecule has 2 fully saturated rings. The average molecular weight is 437 g/mol. The van der Waals surface area contributed by atoms with E-state index in [4.69, 9.17) is 4.74 Å². The molecular formula is C21H29BrN2O3. The Morgan fingerprint density at radius 2 is 2.04 bits per heavy atom. The summed E-state index contributed by atoms with van der Waals surface area (Å²) in [5, 5.41) is 3.22. The Balaban J connectivity index is 1.76. The first-order chi connectivity index (χ1) is 12.8. The van der Waals surface area contributed by atoms with Gasteiger partial charge >= 0.3 is 0 Å². The van der Waals surface area contributed by atoms with Crippen LogP contribution in [0.1, 0.15) is 57.9 Å². The lowest BCUT2D eigenvalue weighted by Crippen LogP contribution is -2.56. The Kier molecular flexibility index (Phi) is 6.14. The lowest BCUT2D eigenvalue weighted by molar-refractivity contribution is -0.141. The predicted octanol–water partition coefficient (Wildman–Crippen LogP) is 4.03. The Hall–Kier alpha value is -1.56. The molecule has 1 N–H and O–H groups in total. The van der Waals surface area contributed by atoms with Gasteiger partial charge in [-0.1, -0.05) is 22.9 Å². The van der Waals surface area contributed by atoms with Gasteiger partial charge in [0.25, 0.3) is 0 Å². The molecule has 1 saturated carbocycles. The van der Waals surface area contributed by atoms with E-state index in [1.807, 2.05) is 25.1 Å². The van der Waals surface area contributed by atoms with Crippen LogP contribution in [0.2, 0.25) is 0 Å². The standard InChI is InChI=1S/C21H29BrN2O3/c1-14-4-7-17(8-5-14)23-20(26)21(2)11-10-19(25)24(21)13-15-12-16(22)6-9-18(15)27-3/h6,9,12,14,17H,4-5,7-8,10-11,13H2,1-3H3,(H,23,26)/t14?,17?,21-/m0/s1. The van der Waals surface area contributed by atoms with Crippen molar-refractivity contribution in [1.82, 2.24) is 10.2 Å². The molecule has 2 amide bonds. The molecule has 2 aliphatic rings. The molecule has 0 radical (unpaired) electrons. The van der Waals surface area contributed by atoms with Crippen molar-refractivity contribution < 1.29 is 14.3 Å². The fourth-order valence-corrected chi connectivity index (χ4v) is 4.59. The first kappa shape index (κ1) is 20.2. The quantitative estimate of drug-likeness (QED) is 0.757. The molecule has 1 aromatic carbocycles. The van der Waals surface area contributed by atoms with Crippen molar-refractivity contribution in [2.45, 2.75) is 70.5 Å². The second-order valence-electron chi connectivity index (χ2n) is 8.14. The van der Waals surface area contributed by atoms with E-state index in [-0.39, 0.29) is 17.9 Å². The molecule has 0 aromatic heterocycles. The molecule has 1 aliphatic heterocycles. The van der Waals surface area contributed by atoms with Gasteiger partial charge in [-0.3, -0.25) is 9.59 Å².